The molecule has 0 radical (unpaired) electrons. The second-order valence-corrected chi connectivity index (χ2v) is 5.62. The monoisotopic (exact) mass is 313 g/mol. The minimum Gasteiger partial charge on any atom is -0.277 e. The highest BCUT2D eigenvalue weighted by molar-refractivity contribution is 9.12. The van der Waals surface area contributed by atoms with Crippen LogP contribution in [0.4, 0.5) is 0 Å². The molecule has 6 heteroatoms. The largest absolute Gasteiger partial charge is 0.277 e. The lowest BCUT2D eigenvalue weighted by Crippen LogP contribution is -2.21. The van der Waals surface area contributed by atoms with Crippen LogP contribution in [0.5, 0.6) is 0 Å². The summed E-state index contributed by atoms with van der Waals surface area (Å²) < 4.78 is 1.68. The molecule has 0 bridgehead atoms. The van der Waals surface area contributed by atoms with Crippen LogP contribution in [-0.2, 0) is 4.84 Å². The molecule has 0 saturated carbocycles. The molecular weight excluding hydrogens is 310 g/mol. The van der Waals surface area contributed by atoms with Gasteiger partial charge in [0.15, 0.2) is 0 Å². The van der Waals surface area contributed by atoms with Crippen molar-refractivity contribution >= 4 is 49.1 Å². The predicted octanol–water partition coefficient (Wildman–Crippen LogP) is 2.56. The topological polar surface area (TPSA) is 38.3 Å². The summed E-state index contributed by atoms with van der Waals surface area (Å²) in [5, 5.41) is 0. The van der Waals surface area contributed by atoms with E-state index in [1.807, 2.05) is 0 Å². The maximum Gasteiger partial charge on any atom is 0.276 e. The van der Waals surface area contributed by atoms with Crippen LogP contribution >= 0.6 is 43.2 Å². The van der Waals surface area contributed by atoms with Gasteiger partial charge in [-0.05, 0) is 37.9 Å². The third kappa shape index (κ3) is 2.29. The molecule has 1 rings (SSSR count). The van der Waals surface area contributed by atoms with E-state index in [4.69, 9.17) is 0 Å². The number of amides is 1. The molecule has 0 aromatic carbocycles. The number of halogens is 2. The third-order valence-electron chi connectivity index (χ3n) is 1.10. The van der Waals surface area contributed by atoms with Gasteiger partial charge in [0.1, 0.15) is 0 Å². The standard InChI is InChI=1S/C6H5Br2NO2S/c1-11-9-6(10)3-2-4(7)12-5(3)8/h2H,1H3,(H,9,10). The number of hydrogen-bond acceptors (Lipinski definition) is 3. The van der Waals surface area contributed by atoms with Crippen molar-refractivity contribution in [3.8, 4) is 0 Å². The van der Waals surface area contributed by atoms with Gasteiger partial charge in [-0.1, -0.05) is 0 Å². The summed E-state index contributed by atoms with van der Waals surface area (Å²) in [7, 11) is 1.40. The van der Waals surface area contributed by atoms with Crippen LogP contribution in [0.1, 0.15) is 10.4 Å². The number of carbonyl (C=O) groups excluding carboxylic acids is 1. The van der Waals surface area contributed by atoms with Crippen LogP contribution in [0.15, 0.2) is 13.6 Å². The van der Waals surface area contributed by atoms with Gasteiger partial charge in [-0.2, -0.15) is 0 Å². The Kier molecular flexibility index (Phi) is 3.70. The molecule has 0 saturated heterocycles. The summed E-state index contributed by atoms with van der Waals surface area (Å²) in [6.45, 7) is 0. The normalized spacial score (nSPS) is 9.92. The smallest absolute Gasteiger partial charge is 0.276 e. The van der Waals surface area contributed by atoms with Gasteiger partial charge in [-0.25, -0.2) is 5.48 Å². The maximum atomic E-state index is 11.2. The SMILES string of the molecule is CONC(=O)c1cc(Br)sc1Br. The van der Waals surface area contributed by atoms with Crippen molar-refractivity contribution in [1.29, 1.82) is 0 Å². The molecule has 0 spiro atoms. The molecule has 1 aromatic rings. The van der Waals surface area contributed by atoms with Gasteiger partial charge in [-0.3, -0.25) is 9.63 Å². The van der Waals surface area contributed by atoms with Crippen LogP contribution in [0, 0.1) is 0 Å². The first-order valence-corrected chi connectivity index (χ1v) is 5.33. The van der Waals surface area contributed by atoms with Gasteiger partial charge in [0.2, 0.25) is 0 Å². The predicted molar refractivity (Wildman–Crippen MR) is 54.2 cm³/mol. The zero-order valence-electron chi connectivity index (χ0n) is 6.06. The van der Waals surface area contributed by atoms with Crippen molar-refractivity contribution in [3.05, 3.63) is 19.2 Å². The van der Waals surface area contributed by atoms with Gasteiger partial charge in [0.25, 0.3) is 5.91 Å². The molecule has 0 aliphatic heterocycles. The summed E-state index contributed by atoms with van der Waals surface area (Å²) in [6, 6.07) is 1.73. The van der Waals surface area contributed by atoms with Gasteiger partial charge in [-0.15, -0.1) is 11.3 Å². The number of hydroxylamine groups is 1. The lowest BCUT2D eigenvalue weighted by Gasteiger charge is -1.98. The Balaban J connectivity index is 2.87. The second-order valence-electron chi connectivity index (χ2n) is 1.87. The highest BCUT2D eigenvalue weighted by atomic mass is 79.9. The van der Waals surface area contributed by atoms with Gasteiger partial charge in [0.05, 0.1) is 20.2 Å². The van der Waals surface area contributed by atoms with Gasteiger partial charge in [0, 0.05) is 0 Å². The summed E-state index contributed by atoms with van der Waals surface area (Å²) in [5.74, 6) is -0.258. The number of thiophene rings is 1. The van der Waals surface area contributed by atoms with E-state index in [1.165, 1.54) is 18.4 Å². The van der Waals surface area contributed by atoms with Crippen molar-refractivity contribution in [2.45, 2.75) is 0 Å². The Labute approximate surface area is 90.3 Å². The molecule has 12 heavy (non-hydrogen) atoms. The number of nitrogens with one attached hydrogen (secondary N) is 1. The zero-order chi connectivity index (χ0) is 9.14. The Morgan fingerprint density at radius 3 is 2.75 bits per heavy atom. The van der Waals surface area contributed by atoms with Crippen molar-refractivity contribution in [1.82, 2.24) is 5.48 Å². The van der Waals surface area contributed by atoms with Crippen LogP contribution < -0.4 is 5.48 Å². The highest BCUT2D eigenvalue weighted by Gasteiger charge is 2.12. The summed E-state index contributed by atoms with van der Waals surface area (Å²) in [5.41, 5.74) is 2.80. The first-order valence-electron chi connectivity index (χ1n) is 2.93. The molecule has 1 heterocycles. The summed E-state index contributed by atoms with van der Waals surface area (Å²) in [6.07, 6.45) is 0. The minimum absolute atomic E-state index is 0.258. The van der Waals surface area contributed by atoms with Crippen LogP contribution in [0.3, 0.4) is 0 Å². The molecular formula is C6H5Br2NO2S. The molecule has 1 aromatic heterocycles. The van der Waals surface area contributed by atoms with E-state index in [0.29, 0.717) is 5.56 Å². The van der Waals surface area contributed by atoms with Crippen LogP contribution in [-0.4, -0.2) is 13.0 Å². The third-order valence-corrected chi connectivity index (χ3v) is 3.44. The lowest BCUT2D eigenvalue weighted by atomic mass is 10.3. The lowest BCUT2D eigenvalue weighted by molar-refractivity contribution is 0.0537. The molecule has 0 aliphatic carbocycles. The number of carbonyl (C=O) groups is 1. The fourth-order valence-corrected chi connectivity index (χ4v) is 3.44. The van der Waals surface area contributed by atoms with Gasteiger partial charge < -0.3 is 0 Å². The molecule has 1 amide bonds. The summed E-state index contributed by atoms with van der Waals surface area (Å²) >= 11 is 7.97. The van der Waals surface area contributed by atoms with Crippen molar-refractivity contribution in [2.24, 2.45) is 0 Å². The van der Waals surface area contributed by atoms with E-state index in [0.717, 1.165) is 7.57 Å². The average Bonchev–Trinajstić information content (AvgIpc) is 2.30. The molecule has 0 fully saturated rings. The Morgan fingerprint density at radius 2 is 2.33 bits per heavy atom. The van der Waals surface area contributed by atoms with Crippen molar-refractivity contribution in [3.63, 3.8) is 0 Å². The summed E-state index contributed by atoms with van der Waals surface area (Å²) in [4.78, 5) is 15.7. The van der Waals surface area contributed by atoms with Crippen molar-refractivity contribution < 1.29 is 9.63 Å². The Bertz CT molecular complexity index is 300. The van der Waals surface area contributed by atoms with E-state index in [1.54, 1.807) is 6.07 Å². The van der Waals surface area contributed by atoms with Gasteiger partial charge >= 0.3 is 0 Å². The van der Waals surface area contributed by atoms with E-state index < -0.39 is 0 Å². The fraction of sp³-hybridized carbons (Fsp3) is 0.167. The minimum atomic E-state index is -0.258. The highest BCUT2D eigenvalue weighted by Crippen LogP contribution is 2.31. The first kappa shape index (κ1) is 10.2. The van der Waals surface area contributed by atoms with E-state index in [2.05, 4.69) is 42.2 Å². The molecule has 0 aliphatic rings. The molecule has 1 N–H and O–H groups in total. The Hall–Kier alpha value is 0.0900. The molecule has 0 unspecified atom stereocenters. The van der Waals surface area contributed by atoms with E-state index in [9.17, 15) is 4.79 Å². The van der Waals surface area contributed by atoms with Crippen molar-refractivity contribution in [2.75, 3.05) is 7.11 Å². The van der Waals surface area contributed by atoms with E-state index >= 15 is 0 Å². The molecule has 0 atom stereocenters. The maximum absolute atomic E-state index is 11.2. The van der Waals surface area contributed by atoms with Crippen LogP contribution in [0.2, 0.25) is 0 Å². The Morgan fingerprint density at radius 1 is 1.67 bits per heavy atom. The van der Waals surface area contributed by atoms with Crippen LogP contribution in [0.25, 0.3) is 0 Å². The molecule has 66 valence electrons. The average molecular weight is 315 g/mol. The fourth-order valence-electron chi connectivity index (χ4n) is 0.643. The quantitative estimate of drug-likeness (QED) is 0.852. The zero-order valence-corrected chi connectivity index (χ0v) is 10.0. The first-order chi connectivity index (χ1) is 5.65. The second kappa shape index (κ2) is 4.36. The number of hydrogen-bond donors (Lipinski definition) is 1. The number of rotatable bonds is 2. The van der Waals surface area contributed by atoms with E-state index in [-0.39, 0.29) is 5.91 Å². The molecule has 3 nitrogen and oxygen atoms in total.